The summed E-state index contributed by atoms with van der Waals surface area (Å²) in [5, 5.41) is 0.267. The van der Waals surface area contributed by atoms with E-state index in [-0.39, 0.29) is 17.7 Å². The van der Waals surface area contributed by atoms with E-state index in [4.69, 9.17) is 11.6 Å². The Labute approximate surface area is 149 Å². The molecule has 0 N–H and O–H groups in total. The van der Waals surface area contributed by atoms with Crippen molar-refractivity contribution in [1.29, 1.82) is 0 Å². The van der Waals surface area contributed by atoms with Gasteiger partial charge >= 0.3 is 0 Å². The van der Waals surface area contributed by atoms with E-state index in [9.17, 15) is 9.59 Å². The number of carbonyl (C=O) groups is 2. The van der Waals surface area contributed by atoms with Crippen molar-refractivity contribution in [3.05, 3.63) is 87.8 Å². The van der Waals surface area contributed by atoms with Crippen molar-refractivity contribution in [2.45, 2.75) is 6.54 Å². The minimum atomic E-state index is -0.289. The molecule has 24 heavy (non-hydrogen) atoms. The number of nitrogens with zero attached hydrogens (tertiary/aromatic N) is 1. The van der Waals surface area contributed by atoms with Crippen LogP contribution in [0.5, 0.6) is 0 Å². The summed E-state index contributed by atoms with van der Waals surface area (Å²) in [4.78, 5) is 26.1. The van der Waals surface area contributed by atoms with Crippen LogP contribution in [0.3, 0.4) is 0 Å². The van der Waals surface area contributed by atoms with E-state index in [0.717, 1.165) is 22.9 Å². The number of hydrogen-bond acceptors (Lipinski definition) is 3. The molecule has 0 aromatic heterocycles. The first kappa shape index (κ1) is 16.6. The first-order valence-corrected chi connectivity index (χ1v) is 8.55. The van der Waals surface area contributed by atoms with Crippen molar-refractivity contribution >= 4 is 40.6 Å². The molecular weight excluding hydrogens is 342 g/mol. The summed E-state index contributed by atoms with van der Waals surface area (Å²) in [5.41, 5.74) is 1.78. The third kappa shape index (κ3) is 3.78. The Hall–Kier alpha value is -2.30. The second-order valence-electron chi connectivity index (χ2n) is 5.15. The molecule has 120 valence electrons. The van der Waals surface area contributed by atoms with E-state index < -0.39 is 0 Å². The molecule has 1 aliphatic heterocycles. The fourth-order valence-corrected chi connectivity index (χ4v) is 3.24. The van der Waals surface area contributed by atoms with Gasteiger partial charge in [0.15, 0.2) is 0 Å². The van der Waals surface area contributed by atoms with Gasteiger partial charge in [-0.2, -0.15) is 0 Å². The molecule has 3 nitrogen and oxygen atoms in total. The highest BCUT2D eigenvalue weighted by atomic mass is 35.5. The molecule has 0 bridgehead atoms. The molecule has 1 heterocycles. The molecule has 0 saturated carbocycles. The monoisotopic (exact) mass is 355 g/mol. The topological polar surface area (TPSA) is 37.4 Å². The summed E-state index contributed by atoms with van der Waals surface area (Å²) in [6.07, 6.45) is 5.34. The Morgan fingerprint density at radius 3 is 2.46 bits per heavy atom. The standard InChI is InChI=1S/C19H14ClNO2S/c20-16-11-5-4-10-15(16)13-21-18(22)17(24-19(21)23)12-6-9-14-7-2-1-3-8-14/h1-12H,13H2/b9-6+,17-12+. The summed E-state index contributed by atoms with van der Waals surface area (Å²) < 4.78 is 0. The van der Waals surface area contributed by atoms with Crippen LogP contribution in [0.15, 0.2) is 71.7 Å². The smallest absolute Gasteiger partial charge is 0.268 e. The quantitative estimate of drug-likeness (QED) is 0.713. The maximum absolute atomic E-state index is 12.4. The lowest BCUT2D eigenvalue weighted by Crippen LogP contribution is -2.27. The van der Waals surface area contributed by atoms with Crippen LogP contribution in [0.4, 0.5) is 4.79 Å². The SMILES string of the molecule is O=C1S/C(=C/C=C/c2ccccc2)C(=O)N1Cc1ccccc1Cl. The summed E-state index contributed by atoms with van der Waals surface area (Å²) in [5.74, 6) is -0.289. The van der Waals surface area contributed by atoms with Gasteiger partial charge in [-0.25, -0.2) is 0 Å². The lowest BCUT2D eigenvalue weighted by Gasteiger charge is -2.13. The van der Waals surface area contributed by atoms with Gasteiger partial charge in [0.05, 0.1) is 11.4 Å². The number of hydrogen-bond donors (Lipinski definition) is 0. The highest BCUT2D eigenvalue weighted by Crippen LogP contribution is 2.32. The average molecular weight is 356 g/mol. The Bertz CT molecular complexity index is 830. The lowest BCUT2D eigenvalue weighted by molar-refractivity contribution is -0.123. The molecule has 0 atom stereocenters. The molecule has 3 rings (SSSR count). The Morgan fingerprint density at radius 1 is 1.00 bits per heavy atom. The number of imide groups is 1. The predicted octanol–water partition coefficient (Wildman–Crippen LogP) is 5.13. The van der Waals surface area contributed by atoms with Crippen LogP contribution in [0.1, 0.15) is 11.1 Å². The normalized spacial score (nSPS) is 16.5. The van der Waals surface area contributed by atoms with Gasteiger partial charge in [-0.05, 0) is 35.0 Å². The zero-order chi connectivity index (χ0) is 16.9. The molecule has 2 aromatic rings. The van der Waals surface area contributed by atoms with Crippen LogP contribution >= 0.6 is 23.4 Å². The summed E-state index contributed by atoms with van der Waals surface area (Å²) in [6, 6.07) is 17.0. The molecule has 1 aliphatic rings. The van der Waals surface area contributed by atoms with Crippen LogP contribution in [0.25, 0.3) is 6.08 Å². The fraction of sp³-hybridized carbons (Fsp3) is 0.0526. The summed E-state index contributed by atoms with van der Waals surface area (Å²) >= 11 is 7.05. The number of amides is 2. The van der Waals surface area contributed by atoms with E-state index in [0.29, 0.717) is 9.93 Å². The Morgan fingerprint density at radius 2 is 1.71 bits per heavy atom. The minimum Gasteiger partial charge on any atom is -0.268 e. The van der Waals surface area contributed by atoms with Crippen molar-refractivity contribution in [3.8, 4) is 0 Å². The summed E-state index contributed by atoms with van der Waals surface area (Å²) in [6.45, 7) is 0.185. The zero-order valence-electron chi connectivity index (χ0n) is 12.7. The number of benzene rings is 2. The van der Waals surface area contributed by atoms with Crippen LogP contribution < -0.4 is 0 Å². The maximum atomic E-state index is 12.4. The van der Waals surface area contributed by atoms with E-state index in [2.05, 4.69) is 0 Å². The first-order chi connectivity index (χ1) is 11.6. The highest BCUT2D eigenvalue weighted by molar-refractivity contribution is 8.18. The molecule has 0 spiro atoms. The maximum Gasteiger partial charge on any atom is 0.293 e. The molecule has 1 saturated heterocycles. The van der Waals surface area contributed by atoms with Gasteiger partial charge in [0.1, 0.15) is 0 Å². The number of thioether (sulfide) groups is 1. The van der Waals surface area contributed by atoms with Crippen LogP contribution in [-0.2, 0) is 11.3 Å². The number of rotatable bonds is 4. The number of halogens is 1. The summed E-state index contributed by atoms with van der Waals surface area (Å²) in [7, 11) is 0. The van der Waals surface area contributed by atoms with Gasteiger partial charge in [0.25, 0.3) is 11.1 Å². The number of carbonyl (C=O) groups excluding carboxylic acids is 2. The van der Waals surface area contributed by atoms with Crippen molar-refractivity contribution < 1.29 is 9.59 Å². The Balaban J connectivity index is 1.73. The van der Waals surface area contributed by atoms with Gasteiger partial charge in [0.2, 0.25) is 0 Å². The van der Waals surface area contributed by atoms with Crippen molar-refractivity contribution in [1.82, 2.24) is 4.90 Å². The molecule has 2 aromatic carbocycles. The van der Waals surface area contributed by atoms with E-state index in [1.165, 1.54) is 4.90 Å². The van der Waals surface area contributed by atoms with Crippen molar-refractivity contribution in [3.63, 3.8) is 0 Å². The largest absolute Gasteiger partial charge is 0.293 e. The van der Waals surface area contributed by atoms with E-state index >= 15 is 0 Å². The zero-order valence-corrected chi connectivity index (χ0v) is 14.3. The molecule has 5 heteroatoms. The Kier molecular flexibility index (Phi) is 5.18. The van der Waals surface area contributed by atoms with Gasteiger partial charge in [-0.3, -0.25) is 14.5 Å². The van der Waals surface area contributed by atoms with Crippen molar-refractivity contribution in [2.75, 3.05) is 0 Å². The molecule has 2 amide bonds. The molecule has 1 fully saturated rings. The third-order valence-electron chi connectivity index (χ3n) is 3.50. The molecule has 0 radical (unpaired) electrons. The predicted molar refractivity (Wildman–Crippen MR) is 98.5 cm³/mol. The van der Waals surface area contributed by atoms with Crippen LogP contribution in [0, 0.1) is 0 Å². The van der Waals surface area contributed by atoms with Gasteiger partial charge in [0, 0.05) is 5.02 Å². The van der Waals surface area contributed by atoms with E-state index in [1.807, 2.05) is 54.6 Å². The minimum absolute atomic E-state index is 0.185. The highest BCUT2D eigenvalue weighted by Gasteiger charge is 2.34. The van der Waals surface area contributed by atoms with Crippen LogP contribution in [-0.4, -0.2) is 16.0 Å². The van der Waals surface area contributed by atoms with Crippen LogP contribution in [0.2, 0.25) is 5.02 Å². The van der Waals surface area contributed by atoms with E-state index in [1.54, 1.807) is 18.2 Å². The lowest BCUT2D eigenvalue weighted by atomic mass is 10.2. The second-order valence-corrected chi connectivity index (χ2v) is 6.55. The van der Waals surface area contributed by atoms with Gasteiger partial charge in [-0.1, -0.05) is 72.3 Å². The molecule has 0 aliphatic carbocycles. The van der Waals surface area contributed by atoms with Crippen molar-refractivity contribution in [2.24, 2.45) is 0 Å². The first-order valence-electron chi connectivity index (χ1n) is 7.35. The van der Waals surface area contributed by atoms with Gasteiger partial charge < -0.3 is 0 Å². The fourth-order valence-electron chi connectivity index (χ4n) is 2.26. The van der Waals surface area contributed by atoms with Gasteiger partial charge in [-0.15, -0.1) is 0 Å². The second kappa shape index (κ2) is 7.51. The number of allylic oxidation sites excluding steroid dienone is 2. The molecular formula is C19H14ClNO2S. The molecule has 0 unspecified atom stereocenters. The average Bonchev–Trinajstić information content (AvgIpc) is 2.85. The third-order valence-corrected chi connectivity index (χ3v) is 4.79.